The van der Waals surface area contributed by atoms with Crippen LogP contribution in [0.1, 0.15) is 25.3 Å². The number of nitrogens with one attached hydrogen (secondary N) is 1. The first kappa shape index (κ1) is 22.3. The molecule has 0 spiro atoms. The third-order valence-corrected chi connectivity index (χ3v) is 5.79. The van der Waals surface area contributed by atoms with Crippen molar-refractivity contribution in [3.05, 3.63) is 60.3 Å². The summed E-state index contributed by atoms with van der Waals surface area (Å²) in [6.45, 7) is 9.58. The van der Waals surface area contributed by atoms with Crippen LogP contribution in [-0.4, -0.2) is 66.0 Å². The molecular formula is C25H33N5O2. The fourth-order valence-corrected chi connectivity index (χ4v) is 4.02. The molecule has 0 atom stereocenters. The van der Waals surface area contributed by atoms with Gasteiger partial charge in [-0.15, -0.1) is 0 Å². The molecule has 0 aliphatic carbocycles. The van der Waals surface area contributed by atoms with Gasteiger partial charge >= 0.3 is 0 Å². The second-order valence-electron chi connectivity index (χ2n) is 7.98. The van der Waals surface area contributed by atoms with Gasteiger partial charge in [0.05, 0.1) is 24.6 Å². The Kier molecular flexibility index (Phi) is 8.11. The summed E-state index contributed by atoms with van der Waals surface area (Å²) < 4.78 is 11.5. The summed E-state index contributed by atoms with van der Waals surface area (Å²) in [5.41, 5.74) is 4.35. The molecule has 2 aromatic heterocycles. The maximum atomic E-state index is 5.87. The van der Waals surface area contributed by atoms with Gasteiger partial charge in [-0.05, 0) is 44.5 Å². The van der Waals surface area contributed by atoms with E-state index in [1.165, 1.54) is 11.3 Å². The minimum Gasteiger partial charge on any atom is -0.478 e. The Balaban J connectivity index is 1.16. The van der Waals surface area contributed by atoms with Gasteiger partial charge in [-0.1, -0.05) is 24.3 Å². The summed E-state index contributed by atoms with van der Waals surface area (Å²) in [7, 11) is 0. The summed E-state index contributed by atoms with van der Waals surface area (Å²) in [5.74, 6) is 0.663. The van der Waals surface area contributed by atoms with Gasteiger partial charge in [-0.2, -0.15) is 5.10 Å². The first-order chi connectivity index (χ1) is 15.8. The predicted molar refractivity (Wildman–Crippen MR) is 127 cm³/mol. The highest BCUT2D eigenvalue weighted by Crippen LogP contribution is 2.23. The van der Waals surface area contributed by atoms with E-state index in [0.717, 1.165) is 63.6 Å². The molecule has 0 bridgehead atoms. The molecule has 7 heteroatoms. The summed E-state index contributed by atoms with van der Waals surface area (Å²) in [4.78, 5) is 9.59. The minimum absolute atomic E-state index is 0.663. The predicted octanol–water partition coefficient (Wildman–Crippen LogP) is 3.99. The molecule has 3 heterocycles. The van der Waals surface area contributed by atoms with Gasteiger partial charge in [0.1, 0.15) is 0 Å². The van der Waals surface area contributed by atoms with E-state index in [-0.39, 0.29) is 0 Å². The van der Waals surface area contributed by atoms with E-state index in [2.05, 4.69) is 49.2 Å². The van der Waals surface area contributed by atoms with E-state index in [4.69, 9.17) is 9.47 Å². The smallest absolute Gasteiger partial charge is 0.213 e. The van der Waals surface area contributed by atoms with E-state index in [1.54, 1.807) is 6.20 Å². The number of rotatable bonds is 11. The standard InChI is InChI=1S/C25H33N5O2/c1-2-31-20-21-8-3-4-10-24(21)30-17-15-29(16-18-30)14-5-6-19-32-25-11-7-9-22(27-25)23-12-13-26-28-23/h3-4,7-13H,2,5-6,14-20H2,1H3,(H,26,28). The zero-order chi connectivity index (χ0) is 22.0. The van der Waals surface area contributed by atoms with E-state index < -0.39 is 0 Å². The van der Waals surface area contributed by atoms with Crippen LogP contribution < -0.4 is 9.64 Å². The van der Waals surface area contributed by atoms with Crippen molar-refractivity contribution in [2.75, 3.05) is 50.8 Å². The number of anilines is 1. The quantitative estimate of drug-likeness (QED) is 0.460. The highest BCUT2D eigenvalue weighted by molar-refractivity contribution is 5.54. The fourth-order valence-electron chi connectivity index (χ4n) is 4.02. The number of H-pyrrole nitrogens is 1. The molecule has 1 N–H and O–H groups in total. The average Bonchev–Trinajstić information content (AvgIpc) is 3.39. The molecule has 1 fully saturated rings. The zero-order valence-electron chi connectivity index (χ0n) is 18.9. The molecular weight excluding hydrogens is 402 g/mol. The highest BCUT2D eigenvalue weighted by atomic mass is 16.5. The van der Waals surface area contributed by atoms with Crippen molar-refractivity contribution in [1.82, 2.24) is 20.1 Å². The molecule has 0 amide bonds. The SMILES string of the molecule is CCOCc1ccccc1N1CCN(CCCCOc2cccc(-c3ccn[nH]3)n2)CC1. The molecule has 32 heavy (non-hydrogen) atoms. The van der Waals surface area contributed by atoms with Crippen molar-refractivity contribution in [1.29, 1.82) is 0 Å². The van der Waals surface area contributed by atoms with E-state index in [9.17, 15) is 0 Å². The Bertz CT molecular complexity index is 939. The van der Waals surface area contributed by atoms with Gasteiger partial charge in [0.25, 0.3) is 0 Å². The summed E-state index contributed by atoms with van der Waals surface area (Å²) >= 11 is 0. The van der Waals surface area contributed by atoms with Gasteiger partial charge in [0.15, 0.2) is 0 Å². The number of nitrogens with zero attached hydrogens (tertiary/aromatic N) is 4. The maximum absolute atomic E-state index is 5.87. The van der Waals surface area contributed by atoms with Crippen LogP contribution in [0.25, 0.3) is 11.4 Å². The number of benzene rings is 1. The molecule has 3 aromatic rings. The Morgan fingerprint density at radius 2 is 1.84 bits per heavy atom. The molecule has 0 saturated carbocycles. The molecule has 7 nitrogen and oxygen atoms in total. The van der Waals surface area contributed by atoms with Crippen LogP contribution in [-0.2, 0) is 11.3 Å². The first-order valence-corrected chi connectivity index (χ1v) is 11.6. The van der Waals surface area contributed by atoms with Crippen molar-refractivity contribution in [2.45, 2.75) is 26.4 Å². The van der Waals surface area contributed by atoms with Crippen LogP contribution in [0.4, 0.5) is 5.69 Å². The Hall–Kier alpha value is -2.90. The van der Waals surface area contributed by atoms with Gasteiger partial charge < -0.3 is 14.4 Å². The number of aromatic nitrogens is 3. The molecule has 1 aliphatic heterocycles. The van der Waals surface area contributed by atoms with Crippen molar-refractivity contribution >= 4 is 5.69 Å². The molecule has 1 saturated heterocycles. The lowest BCUT2D eigenvalue weighted by Gasteiger charge is -2.37. The third kappa shape index (κ3) is 6.08. The molecule has 0 radical (unpaired) electrons. The van der Waals surface area contributed by atoms with Gasteiger partial charge in [0, 0.05) is 56.3 Å². The van der Waals surface area contributed by atoms with Gasteiger partial charge in [-0.3, -0.25) is 10.00 Å². The van der Waals surface area contributed by atoms with Crippen LogP contribution in [0.2, 0.25) is 0 Å². The van der Waals surface area contributed by atoms with Crippen molar-refractivity contribution in [3.63, 3.8) is 0 Å². The van der Waals surface area contributed by atoms with E-state index in [1.807, 2.05) is 31.2 Å². The van der Waals surface area contributed by atoms with Gasteiger partial charge in [-0.25, -0.2) is 4.98 Å². The fraction of sp³-hybridized carbons (Fsp3) is 0.440. The van der Waals surface area contributed by atoms with Crippen molar-refractivity contribution in [3.8, 4) is 17.3 Å². The normalized spacial score (nSPS) is 14.6. The van der Waals surface area contributed by atoms with Crippen molar-refractivity contribution in [2.24, 2.45) is 0 Å². The third-order valence-electron chi connectivity index (χ3n) is 5.79. The number of hydrogen-bond acceptors (Lipinski definition) is 6. The van der Waals surface area contributed by atoms with Crippen LogP contribution in [0.3, 0.4) is 0 Å². The van der Waals surface area contributed by atoms with E-state index >= 15 is 0 Å². The van der Waals surface area contributed by atoms with Gasteiger partial charge in [0.2, 0.25) is 5.88 Å². The Labute approximate surface area is 190 Å². The Morgan fingerprint density at radius 3 is 2.66 bits per heavy atom. The lowest BCUT2D eigenvalue weighted by Crippen LogP contribution is -2.47. The van der Waals surface area contributed by atoms with Crippen molar-refractivity contribution < 1.29 is 9.47 Å². The number of ether oxygens (including phenoxy) is 2. The number of piperazine rings is 1. The van der Waals surface area contributed by atoms with Crippen LogP contribution in [0, 0.1) is 0 Å². The maximum Gasteiger partial charge on any atom is 0.213 e. The number of unbranched alkanes of at least 4 members (excludes halogenated alkanes) is 1. The molecule has 0 unspecified atom stereocenters. The first-order valence-electron chi connectivity index (χ1n) is 11.6. The number of para-hydroxylation sites is 1. The largest absolute Gasteiger partial charge is 0.478 e. The van der Waals surface area contributed by atoms with Crippen LogP contribution in [0.15, 0.2) is 54.7 Å². The van der Waals surface area contributed by atoms with E-state index in [0.29, 0.717) is 19.1 Å². The summed E-state index contributed by atoms with van der Waals surface area (Å²) in [6.07, 6.45) is 3.87. The lowest BCUT2D eigenvalue weighted by atomic mass is 10.1. The molecule has 170 valence electrons. The molecule has 4 rings (SSSR count). The second-order valence-corrected chi connectivity index (χ2v) is 7.98. The highest BCUT2D eigenvalue weighted by Gasteiger charge is 2.18. The number of hydrogen-bond donors (Lipinski definition) is 1. The van der Waals surface area contributed by atoms with Crippen LogP contribution >= 0.6 is 0 Å². The monoisotopic (exact) mass is 435 g/mol. The molecule has 1 aliphatic rings. The second kappa shape index (κ2) is 11.6. The number of aromatic amines is 1. The lowest BCUT2D eigenvalue weighted by molar-refractivity contribution is 0.134. The minimum atomic E-state index is 0.663. The Morgan fingerprint density at radius 1 is 0.969 bits per heavy atom. The molecule has 1 aromatic carbocycles. The average molecular weight is 436 g/mol. The number of pyridine rings is 1. The zero-order valence-corrected chi connectivity index (χ0v) is 18.9. The topological polar surface area (TPSA) is 66.5 Å². The summed E-state index contributed by atoms with van der Waals surface area (Å²) in [6, 6.07) is 16.3. The summed E-state index contributed by atoms with van der Waals surface area (Å²) in [5, 5.41) is 6.91. The van der Waals surface area contributed by atoms with Crippen LogP contribution in [0.5, 0.6) is 5.88 Å².